The highest BCUT2D eigenvalue weighted by atomic mass is 35.5. The maximum absolute atomic E-state index is 12.3. The molecule has 1 N–H and O–H groups in total. The number of hydrogen-bond donors (Lipinski definition) is 1. The zero-order valence-electron chi connectivity index (χ0n) is 11.5. The van der Waals surface area contributed by atoms with Crippen LogP contribution in [-0.4, -0.2) is 47.9 Å². The van der Waals surface area contributed by atoms with Crippen molar-refractivity contribution in [3.05, 3.63) is 29.3 Å². The Morgan fingerprint density at radius 2 is 2.19 bits per heavy atom. The Hall–Kier alpha value is -2.08. The molecule has 2 amide bonds. The summed E-state index contributed by atoms with van der Waals surface area (Å²) in [5.74, 6) is -2.72. The molecule has 1 heterocycles. The van der Waals surface area contributed by atoms with Gasteiger partial charge in [0.1, 0.15) is 12.5 Å². The maximum Gasteiger partial charge on any atom is 0.323 e. The van der Waals surface area contributed by atoms with Gasteiger partial charge in [0.25, 0.3) is 0 Å². The molecule has 1 atom stereocenters. The fourth-order valence-electron chi connectivity index (χ4n) is 2.36. The number of carboxylic acids is 1. The van der Waals surface area contributed by atoms with Crippen LogP contribution in [0.2, 0.25) is 5.02 Å². The van der Waals surface area contributed by atoms with Gasteiger partial charge < -0.3 is 14.9 Å². The van der Waals surface area contributed by atoms with Crippen LogP contribution >= 0.6 is 11.6 Å². The van der Waals surface area contributed by atoms with Crippen molar-refractivity contribution in [2.24, 2.45) is 5.92 Å². The Morgan fingerprint density at radius 3 is 2.81 bits per heavy atom. The van der Waals surface area contributed by atoms with Crippen molar-refractivity contribution < 1.29 is 19.5 Å². The molecule has 1 aromatic rings. The lowest BCUT2D eigenvalue weighted by Gasteiger charge is -2.20. The minimum absolute atomic E-state index is 0.320. The van der Waals surface area contributed by atoms with Crippen LogP contribution in [0.25, 0.3) is 0 Å². The minimum atomic E-state index is -1.11. The lowest BCUT2D eigenvalue weighted by molar-refractivity contribution is -0.146. The predicted molar refractivity (Wildman–Crippen MR) is 77.2 cm³/mol. The average molecular weight is 311 g/mol. The molecule has 1 saturated heterocycles. The van der Waals surface area contributed by atoms with Crippen LogP contribution in [0.3, 0.4) is 0 Å². The summed E-state index contributed by atoms with van der Waals surface area (Å²) in [6, 6.07) is 6.84. The lowest BCUT2D eigenvalue weighted by atomic mass is 10.1. The number of anilines is 1. The van der Waals surface area contributed by atoms with E-state index in [0.29, 0.717) is 23.7 Å². The van der Waals surface area contributed by atoms with Crippen LogP contribution in [0.1, 0.15) is 6.42 Å². The monoisotopic (exact) mass is 310 g/mol. The second kappa shape index (κ2) is 6.13. The lowest BCUT2D eigenvalue weighted by Crippen LogP contribution is -2.40. The fraction of sp³-hybridized carbons (Fsp3) is 0.357. The number of amides is 2. The first-order chi connectivity index (χ1) is 9.90. The number of aliphatic carboxylic acids is 1. The Labute approximate surface area is 126 Å². The van der Waals surface area contributed by atoms with Gasteiger partial charge in [0.15, 0.2) is 0 Å². The molecule has 7 heteroatoms. The number of halogens is 1. The molecule has 0 bridgehead atoms. The highest BCUT2D eigenvalue weighted by Crippen LogP contribution is 2.28. The highest BCUT2D eigenvalue weighted by Gasteiger charge is 2.39. The van der Waals surface area contributed by atoms with E-state index in [1.165, 1.54) is 11.9 Å². The summed E-state index contributed by atoms with van der Waals surface area (Å²) in [4.78, 5) is 37.7. The van der Waals surface area contributed by atoms with Crippen LogP contribution in [0, 0.1) is 5.92 Å². The van der Waals surface area contributed by atoms with E-state index in [9.17, 15) is 14.4 Å². The highest BCUT2D eigenvalue weighted by molar-refractivity contribution is 6.31. The van der Waals surface area contributed by atoms with E-state index in [2.05, 4.69) is 0 Å². The molecule has 1 fully saturated rings. The van der Waals surface area contributed by atoms with Crippen LogP contribution in [0.4, 0.5) is 5.69 Å². The number of hydrogen-bond acceptors (Lipinski definition) is 3. The topological polar surface area (TPSA) is 77.9 Å². The molecule has 1 aliphatic heterocycles. The first kappa shape index (κ1) is 15.3. The van der Waals surface area contributed by atoms with Crippen LogP contribution in [-0.2, 0) is 14.4 Å². The molecule has 1 unspecified atom stereocenters. The quantitative estimate of drug-likeness (QED) is 0.849. The van der Waals surface area contributed by atoms with Gasteiger partial charge in [-0.2, -0.15) is 0 Å². The van der Waals surface area contributed by atoms with Gasteiger partial charge >= 0.3 is 5.97 Å². The zero-order chi connectivity index (χ0) is 15.6. The minimum Gasteiger partial charge on any atom is -0.480 e. The third-order valence-electron chi connectivity index (χ3n) is 3.37. The number of nitrogens with zero attached hydrogens (tertiary/aromatic N) is 2. The molecule has 6 nitrogen and oxygen atoms in total. The largest absolute Gasteiger partial charge is 0.480 e. The van der Waals surface area contributed by atoms with Gasteiger partial charge in [-0.15, -0.1) is 0 Å². The molecule has 112 valence electrons. The van der Waals surface area contributed by atoms with Gasteiger partial charge in [0.05, 0.1) is 0 Å². The molecule has 21 heavy (non-hydrogen) atoms. The van der Waals surface area contributed by atoms with Crippen molar-refractivity contribution in [3.63, 3.8) is 0 Å². The summed E-state index contributed by atoms with van der Waals surface area (Å²) in [5.41, 5.74) is 0.642. The SMILES string of the molecule is CN(CC(=O)O)C(=O)C1CCN(c2cccc(Cl)c2)C1=O. The standard InChI is InChI=1S/C14H15ClN2O4/c1-16(8-12(18)19)13(20)11-5-6-17(14(11)21)10-4-2-3-9(15)7-10/h2-4,7,11H,5-6,8H2,1H3,(H,18,19). The normalized spacial score (nSPS) is 17.9. The van der Waals surface area contributed by atoms with Crippen molar-refractivity contribution in [2.75, 3.05) is 25.0 Å². The van der Waals surface area contributed by atoms with E-state index < -0.39 is 24.3 Å². The van der Waals surface area contributed by atoms with Crippen molar-refractivity contribution >= 4 is 35.1 Å². The summed E-state index contributed by atoms with van der Waals surface area (Å²) in [6.45, 7) is -0.00370. The number of carbonyl (C=O) groups is 3. The molecule has 0 radical (unpaired) electrons. The molecule has 0 aromatic heterocycles. The van der Waals surface area contributed by atoms with Crippen LogP contribution < -0.4 is 4.90 Å². The Balaban J connectivity index is 2.11. The fourth-order valence-corrected chi connectivity index (χ4v) is 2.54. The van der Waals surface area contributed by atoms with Crippen LogP contribution in [0.5, 0.6) is 0 Å². The van der Waals surface area contributed by atoms with Gasteiger partial charge in [0, 0.05) is 24.3 Å². The molecule has 2 rings (SSSR count). The number of carbonyl (C=O) groups excluding carboxylic acids is 2. The van der Waals surface area contributed by atoms with E-state index >= 15 is 0 Å². The van der Waals surface area contributed by atoms with Crippen molar-refractivity contribution in [1.82, 2.24) is 4.90 Å². The Morgan fingerprint density at radius 1 is 1.48 bits per heavy atom. The molecule has 0 aliphatic carbocycles. The smallest absolute Gasteiger partial charge is 0.323 e. The van der Waals surface area contributed by atoms with Crippen molar-refractivity contribution in [2.45, 2.75) is 6.42 Å². The molecule has 1 aromatic carbocycles. The zero-order valence-corrected chi connectivity index (χ0v) is 12.2. The summed E-state index contributed by atoms with van der Waals surface area (Å²) >= 11 is 5.90. The molecular weight excluding hydrogens is 296 g/mol. The first-order valence-electron chi connectivity index (χ1n) is 6.44. The Bertz CT molecular complexity index is 590. The van der Waals surface area contributed by atoms with Gasteiger partial charge in [0.2, 0.25) is 11.8 Å². The summed E-state index contributed by atoms with van der Waals surface area (Å²) in [6.07, 6.45) is 0.369. The summed E-state index contributed by atoms with van der Waals surface area (Å²) < 4.78 is 0. The number of benzene rings is 1. The van der Waals surface area contributed by atoms with Crippen molar-refractivity contribution in [3.8, 4) is 0 Å². The maximum atomic E-state index is 12.3. The molecule has 0 saturated carbocycles. The summed E-state index contributed by atoms with van der Waals surface area (Å²) in [5, 5.41) is 9.21. The number of likely N-dealkylation sites (N-methyl/N-ethyl adjacent to an activating group) is 1. The third kappa shape index (κ3) is 3.33. The average Bonchev–Trinajstić information content (AvgIpc) is 2.79. The Kier molecular flexibility index (Phi) is 4.47. The first-order valence-corrected chi connectivity index (χ1v) is 6.81. The van der Waals surface area contributed by atoms with Gasteiger partial charge in [-0.1, -0.05) is 17.7 Å². The van der Waals surface area contributed by atoms with Crippen molar-refractivity contribution in [1.29, 1.82) is 0 Å². The second-order valence-electron chi connectivity index (χ2n) is 4.90. The summed E-state index contributed by atoms with van der Waals surface area (Å²) in [7, 11) is 1.38. The predicted octanol–water partition coefficient (Wildman–Crippen LogP) is 1.24. The molecular formula is C14H15ClN2O4. The van der Waals surface area contributed by atoms with Gasteiger partial charge in [-0.05, 0) is 24.6 Å². The van der Waals surface area contributed by atoms with Gasteiger partial charge in [-0.3, -0.25) is 14.4 Å². The van der Waals surface area contributed by atoms with E-state index in [4.69, 9.17) is 16.7 Å². The molecule has 0 spiro atoms. The third-order valence-corrected chi connectivity index (χ3v) is 3.61. The number of carboxylic acid groups (broad SMARTS) is 1. The van der Waals surface area contributed by atoms with E-state index in [1.807, 2.05) is 0 Å². The van der Waals surface area contributed by atoms with E-state index in [0.717, 1.165) is 4.90 Å². The van der Waals surface area contributed by atoms with E-state index in [-0.39, 0.29) is 5.91 Å². The second-order valence-corrected chi connectivity index (χ2v) is 5.34. The van der Waals surface area contributed by atoms with Gasteiger partial charge in [-0.25, -0.2) is 0 Å². The number of rotatable bonds is 4. The molecule has 1 aliphatic rings. The van der Waals surface area contributed by atoms with E-state index in [1.54, 1.807) is 24.3 Å². The van der Waals surface area contributed by atoms with Crippen LogP contribution in [0.15, 0.2) is 24.3 Å².